The van der Waals surface area contributed by atoms with Crippen LogP contribution in [-0.2, 0) is 14.3 Å². The summed E-state index contributed by atoms with van der Waals surface area (Å²) >= 11 is 0. The van der Waals surface area contributed by atoms with Gasteiger partial charge in [0.25, 0.3) is 0 Å². The molecule has 1 aromatic rings. The summed E-state index contributed by atoms with van der Waals surface area (Å²) < 4.78 is 4.97. The fourth-order valence-electron chi connectivity index (χ4n) is 3.49. The number of aliphatic carboxylic acids is 1. The van der Waals surface area contributed by atoms with Crippen molar-refractivity contribution < 1.29 is 19.4 Å². The molecule has 1 aliphatic rings. The third-order valence-corrected chi connectivity index (χ3v) is 5.10. The maximum Gasteiger partial charge on any atom is 0.323 e. The lowest BCUT2D eigenvalue weighted by molar-refractivity contribution is -0.148. The Morgan fingerprint density at radius 3 is 2.67 bits per heavy atom. The Balaban J connectivity index is 2.36. The van der Waals surface area contributed by atoms with Crippen LogP contribution in [-0.4, -0.2) is 54.7 Å². The molecule has 1 amide bonds. The number of carboxylic acid groups (broad SMARTS) is 1. The monoisotopic (exact) mass is 334 g/mol. The molecule has 0 aromatic heterocycles. The molecule has 132 valence electrons. The summed E-state index contributed by atoms with van der Waals surface area (Å²) in [7, 11) is 3.36. The number of carbonyl (C=O) groups is 2. The lowest BCUT2D eigenvalue weighted by Crippen LogP contribution is -2.46. The Kier molecular flexibility index (Phi) is 5.62. The van der Waals surface area contributed by atoms with Crippen molar-refractivity contribution >= 4 is 11.9 Å². The molecule has 0 spiro atoms. The van der Waals surface area contributed by atoms with Crippen molar-refractivity contribution in [3.05, 3.63) is 35.4 Å². The van der Waals surface area contributed by atoms with Gasteiger partial charge in [0.05, 0.1) is 12.5 Å². The maximum absolute atomic E-state index is 12.7. The van der Waals surface area contributed by atoms with Crippen molar-refractivity contribution in [2.75, 3.05) is 27.3 Å². The van der Waals surface area contributed by atoms with Crippen LogP contribution in [0.4, 0.5) is 0 Å². The molecule has 0 saturated carbocycles. The number of carboxylic acids is 1. The van der Waals surface area contributed by atoms with E-state index in [2.05, 4.69) is 5.32 Å². The highest BCUT2D eigenvalue weighted by Crippen LogP contribution is 2.46. The van der Waals surface area contributed by atoms with Crippen molar-refractivity contribution in [3.8, 4) is 0 Å². The van der Waals surface area contributed by atoms with E-state index >= 15 is 0 Å². The van der Waals surface area contributed by atoms with Gasteiger partial charge in [-0.25, -0.2) is 0 Å². The molecule has 1 saturated heterocycles. The molecule has 6 nitrogen and oxygen atoms in total. The van der Waals surface area contributed by atoms with Gasteiger partial charge in [-0.2, -0.15) is 0 Å². The number of rotatable bonds is 6. The minimum atomic E-state index is -1.07. The molecule has 2 rings (SSSR count). The average Bonchev–Trinajstić information content (AvgIpc) is 2.81. The van der Waals surface area contributed by atoms with Crippen molar-refractivity contribution in [2.45, 2.75) is 31.8 Å². The largest absolute Gasteiger partial charge is 0.480 e. The predicted octanol–water partition coefficient (Wildman–Crippen LogP) is 1.59. The highest BCUT2D eigenvalue weighted by atomic mass is 16.5. The number of benzene rings is 1. The van der Waals surface area contributed by atoms with Gasteiger partial charge in [-0.3, -0.25) is 14.5 Å². The van der Waals surface area contributed by atoms with E-state index in [1.54, 1.807) is 21.1 Å². The number of aryl methyl sites for hydroxylation is 1. The summed E-state index contributed by atoms with van der Waals surface area (Å²) in [6.07, 6.45) is 0.274. The highest BCUT2D eigenvalue weighted by Gasteiger charge is 2.54. The number of hydrogen-bond donors (Lipinski definition) is 2. The van der Waals surface area contributed by atoms with Gasteiger partial charge in [0, 0.05) is 19.7 Å². The van der Waals surface area contributed by atoms with Crippen molar-refractivity contribution in [1.82, 2.24) is 10.2 Å². The lowest BCUT2D eigenvalue weighted by atomic mass is 9.88. The molecular weight excluding hydrogens is 308 g/mol. The van der Waals surface area contributed by atoms with Crippen LogP contribution in [0.1, 0.15) is 30.5 Å². The summed E-state index contributed by atoms with van der Waals surface area (Å²) in [5, 5.41) is 12.6. The van der Waals surface area contributed by atoms with Crippen LogP contribution >= 0.6 is 0 Å². The molecule has 3 atom stereocenters. The SMILES string of the molecule is COCCNC(=O)[C@H]1C[C@@](C)(C(=O)O)N(C)[C@H]1c1ccccc1C. The van der Waals surface area contributed by atoms with Gasteiger partial charge >= 0.3 is 5.97 Å². The van der Waals surface area contributed by atoms with Gasteiger partial charge in [-0.15, -0.1) is 0 Å². The van der Waals surface area contributed by atoms with Crippen LogP contribution in [0.2, 0.25) is 0 Å². The zero-order valence-electron chi connectivity index (χ0n) is 14.7. The lowest BCUT2D eigenvalue weighted by Gasteiger charge is -2.32. The number of likely N-dealkylation sites (tertiary alicyclic amines) is 1. The molecule has 1 aliphatic heterocycles. The molecule has 2 N–H and O–H groups in total. The van der Waals surface area contributed by atoms with Crippen LogP contribution < -0.4 is 5.32 Å². The summed E-state index contributed by atoms with van der Waals surface area (Å²) in [6.45, 7) is 4.52. The van der Waals surface area contributed by atoms with E-state index in [0.717, 1.165) is 11.1 Å². The molecule has 24 heavy (non-hydrogen) atoms. The molecule has 1 heterocycles. The quantitative estimate of drug-likeness (QED) is 0.773. The van der Waals surface area contributed by atoms with Gasteiger partial charge in [-0.1, -0.05) is 24.3 Å². The zero-order valence-corrected chi connectivity index (χ0v) is 14.7. The second-order valence-corrected chi connectivity index (χ2v) is 6.59. The van der Waals surface area contributed by atoms with Crippen molar-refractivity contribution in [3.63, 3.8) is 0 Å². The Hall–Kier alpha value is -1.92. The third kappa shape index (κ3) is 3.30. The first-order chi connectivity index (χ1) is 11.3. The number of amides is 1. The first-order valence-electron chi connectivity index (χ1n) is 8.11. The topological polar surface area (TPSA) is 78.9 Å². The fourth-order valence-corrected chi connectivity index (χ4v) is 3.49. The maximum atomic E-state index is 12.7. The molecule has 0 radical (unpaired) electrons. The van der Waals surface area contributed by atoms with Gasteiger partial charge in [0.1, 0.15) is 5.54 Å². The Bertz CT molecular complexity index is 619. The number of ether oxygens (including phenoxy) is 1. The number of nitrogens with zero attached hydrogens (tertiary/aromatic N) is 1. The molecular formula is C18H26N2O4. The van der Waals surface area contributed by atoms with E-state index in [1.807, 2.05) is 36.1 Å². The summed E-state index contributed by atoms with van der Waals surface area (Å²) in [5.41, 5.74) is 0.978. The number of likely N-dealkylation sites (N-methyl/N-ethyl adjacent to an activating group) is 1. The molecule has 0 aliphatic carbocycles. The van der Waals surface area contributed by atoms with Crippen LogP contribution in [0.15, 0.2) is 24.3 Å². The number of carbonyl (C=O) groups excluding carboxylic acids is 1. The summed E-state index contributed by atoms with van der Waals surface area (Å²) in [5.74, 6) is -1.46. The first kappa shape index (κ1) is 18.4. The van der Waals surface area contributed by atoms with E-state index in [4.69, 9.17) is 4.74 Å². The molecule has 6 heteroatoms. The van der Waals surface area contributed by atoms with Crippen LogP contribution in [0.3, 0.4) is 0 Å². The Morgan fingerprint density at radius 2 is 2.08 bits per heavy atom. The smallest absolute Gasteiger partial charge is 0.323 e. The molecule has 0 unspecified atom stereocenters. The second-order valence-electron chi connectivity index (χ2n) is 6.59. The van der Waals surface area contributed by atoms with Crippen molar-refractivity contribution in [2.24, 2.45) is 5.92 Å². The van der Waals surface area contributed by atoms with Crippen LogP contribution in [0.25, 0.3) is 0 Å². The minimum Gasteiger partial charge on any atom is -0.480 e. The minimum absolute atomic E-state index is 0.128. The fraction of sp³-hybridized carbons (Fsp3) is 0.556. The Labute approximate surface area is 142 Å². The molecule has 1 aromatic carbocycles. The number of hydrogen-bond acceptors (Lipinski definition) is 4. The van der Waals surface area contributed by atoms with Gasteiger partial charge in [0.2, 0.25) is 5.91 Å². The van der Waals surface area contributed by atoms with Gasteiger partial charge in [0.15, 0.2) is 0 Å². The van der Waals surface area contributed by atoms with E-state index in [0.29, 0.717) is 13.2 Å². The Morgan fingerprint density at radius 1 is 1.42 bits per heavy atom. The van der Waals surface area contributed by atoms with Crippen LogP contribution in [0, 0.1) is 12.8 Å². The van der Waals surface area contributed by atoms with E-state index < -0.39 is 17.4 Å². The molecule has 0 bridgehead atoms. The van der Waals surface area contributed by atoms with E-state index in [9.17, 15) is 14.7 Å². The summed E-state index contributed by atoms with van der Waals surface area (Å²) in [4.78, 5) is 26.3. The van der Waals surface area contributed by atoms with Crippen LogP contribution in [0.5, 0.6) is 0 Å². The van der Waals surface area contributed by atoms with E-state index in [1.165, 1.54) is 0 Å². The van der Waals surface area contributed by atoms with Gasteiger partial charge < -0.3 is 15.2 Å². The van der Waals surface area contributed by atoms with Crippen molar-refractivity contribution in [1.29, 1.82) is 0 Å². The van der Waals surface area contributed by atoms with Gasteiger partial charge in [-0.05, 0) is 38.4 Å². The third-order valence-electron chi connectivity index (χ3n) is 5.10. The summed E-state index contributed by atoms with van der Waals surface area (Å²) in [6, 6.07) is 7.55. The second kappa shape index (κ2) is 7.32. The molecule has 1 fully saturated rings. The highest BCUT2D eigenvalue weighted by molar-refractivity contribution is 5.85. The number of methoxy groups -OCH3 is 1. The normalized spacial score (nSPS) is 27.2. The van der Waals surface area contributed by atoms with E-state index in [-0.39, 0.29) is 18.4 Å². The standard InChI is InChI=1S/C18H26N2O4/c1-12-7-5-6-8-13(12)15-14(16(21)19-9-10-24-4)11-18(2,17(22)23)20(15)3/h5-8,14-15H,9-11H2,1-4H3,(H,19,21)(H,22,23)/t14-,15-,18-/m0/s1. The average molecular weight is 334 g/mol. The zero-order chi connectivity index (χ0) is 17.9. The first-order valence-corrected chi connectivity index (χ1v) is 8.11. The number of nitrogens with one attached hydrogen (secondary N) is 1. The predicted molar refractivity (Wildman–Crippen MR) is 90.7 cm³/mol.